The van der Waals surface area contributed by atoms with Crippen LogP contribution in [0.3, 0.4) is 0 Å². The molecule has 0 unspecified atom stereocenters. The van der Waals surface area contributed by atoms with Gasteiger partial charge in [0.1, 0.15) is 19.8 Å². The SMILES string of the molecule is C=CCOC(=O)CC[C@H](CC(=O)[C@H](CC(=O)OCC=C)NC(=O)CCC(=O)[C@H](CCCCC)NC(C)=O)C(=O)N[C@H](C(=O)C[C@@H](CC(=O)OCC=C)C(=O)O)C(C)C. The molecule has 0 rings (SSSR count). The molecule has 0 aliphatic rings. The molecule has 0 saturated carbocycles. The van der Waals surface area contributed by atoms with Gasteiger partial charge in [-0.2, -0.15) is 0 Å². The number of hydrogen-bond donors (Lipinski definition) is 4. The summed E-state index contributed by atoms with van der Waals surface area (Å²) in [7, 11) is 0. The highest BCUT2D eigenvalue weighted by atomic mass is 16.5. The zero-order valence-corrected chi connectivity index (χ0v) is 34.2. The van der Waals surface area contributed by atoms with E-state index in [4.69, 9.17) is 14.2 Å². The van der Waals surface area contributed by atoms with Crippen molar-refractivity contribution in [1.82, 2.24) is 16.0 Å². The summed E-state index contributed by atoms with van der Waals surface area (Å²) in [5, 5.41) is 17.3. The lowest BCUT2D eigenvalue weighted by Crippen LogP contribution is -2.49. The topological polar surface area (TPSA) is 255 Å². The van der Waals surface area contributed by atoms with Gasteiger partial charge in [0.25, 0.3) is 0 Å². The Balaban J connectivity index is 6.33. The molecule has 0 aromatic rings. The molecule has 0 aliphatic heterocycles. The van der Waals surface area contributed by atoms with Crippen LogP contribution in [0.4, 0.5) is 0 Å². The maximum absolute atomic E-state index is 13.8. The quantitative estimate of drug-likeness (QED) is 0.0322. The molecular weight excluding hydrogens is 758 g/mol. The monoisotopic (exact) mass is 819 g/mol. The molecule has 0 heterocycles. The Kier molecular flexibility index (Phi) is 26.9. The van der Waals surface area contributed by atoms with Crippen molar-refractivity contribution in [2.75, 3.05) is 19.8 Å². The summed E-state index contributed by atoms with van der Waals surface area (Å²) >= 11 is 0. The fourth-order valence-electron chi connectivity index (χ4n) is 5.60. The van der Waals surface area contributed by atoms with Gasteiger partial charge in [-0.1, -0.05) is 78.0 Å². The standard InChI is InChI=1S/C41H61N3O14/c1-8-12-13-14-30(42-27(7)45)32(46)16-17-35(49)43-31(25-38(52)58-21-11-4)33(47)22-28(15-18-36(50)56-19-9-2)40(53)44-39(26(5)6)34(48)23-29(41(54)55)24-37(51)57-20-10-3/h9-11,26,28-31,39H,2-4,8,12-25H2,1,5-7H3,(H,42,45)(H,43,49)(H,44,53)(H,54,55)/t28-,29+,30+,31+,39+/m1/s1. The second kappa shape index (κ2) is 29.7. The van der Waals surface area contributed by atoms with Crippen LogP contribution < -0.4 is 16.0 Å². The van der Waals surface area contributed by atoms with E-state index in [0.29, 0.717) is 12.8 Å². The van der Waals surface area contributed by atoms with Crippen LogP contribution >= 0.6 is 0 Å². The Hall–Kier alpha value is -5.48. The highest BCUT2D eigenvalue weighted by molar-refractivity contribution is 5.97. The van der Waals surface area contributed by atoms with Crippen molar-refractivity contribution in [3.63, 3.8) is 0 Å². The minimum absolute atomic E-state index is 0.127. The smallest absolute Gasteiger partial charge is 0.308 e. The van der Waals surface area contributed by atoms with E-state index in [0.717, 1.165) is 12.8 Å². The molecule has 0 aliphatic carbocycles. The number of unbranched alkanes of at least 4 members (excludes halogenated alkanes) is 2. The molecule has 58 heavy (non-hydrogen) atoms. The van der Waals surface area contributed by atoms with Gasteiger partial charge in [0.05, 0.1) is 36.9 Å². The van der Waals surface area contributed by atoms with E-state index >= 15 is 0 Å². The lowest BCUT2D eigenvalue weighted by atomic mass is 9.88. The van der Waals surface area contributed by atoms with Crippen LogP contribution in [0.1, 0.15) is 105 Å². The molecule has 17 heteroatoms. The fourth-order valence-corrected chi connectivity index (χ4v) is 5.60. The number of hydrogen-bond acceptors (Lipinski definition) is 13. The summed E-state index contributed by atoms with van der Waals surface area (Å²) < 4.78 is 14.9. The van der Waals surface area contributed by atoms with Gasteiger partial charge >= 0.3 is 23.9 Å². The van der Waals surface area contributed by atoms with Crippen LogP contribution in [0.2, 0.25) is 0 Å². The number of Topliss-reactive ketones (excluding diaryl/α,β-unsaturated/α-hetero) is 3. The molecule has 0 aromatic carbocycles. The van der Waals surface area contributed by atoms with Crippen LogP contribution in [0.5, 0.6) is 0 Å². The largest absolute Gasteiger partial charge is 0.481 e. The van der Waals surface area contributed by atoms with Crippen LogP contribution in [0, 0.1) is 17.8 Å². The Labute approximate surface area is 340 Å². The van der Waals surface area contributed by atoms with Crippen molar-refractivity contribution in [3.05, 3.63) is 38.0 Å². The van der Waals surface area contributed by atoms with Crippen molar-refractivity contribution in [2.45, 2.75) is 123 Å². The first-order valence-corrected chi connectivity index (χ1v) is 19.4. The molecule has 0 spiro atoms. The number of aliphatic carboxylic acids is 1. The van der Waals surface area contributed by atoms with Gasteiger partial charge in [-0.15, -0.1) is 0 Å². The second-order valence-electron chi connectivity index (χ2n) is 14.0. The first kappa shape index (κ1) is 52.5. The maximum Gasteiger partial charge on any atom is 0.308 e. The second-order valence-corrected chi connectivity index (χ2v) is 14.0. The molecule has 0 saturated heterocycles. The summed E-state index contributed by atoms with van der Waals surface area (Å²) in [6, 6.07) is -3.64. The predicted octanol–water partition coefficient (Wildman–Crippen LogP) is 3.03. The molecule has 0 aromatic heterocycles. The Morgan fingerprint density at radius 3 is 1.67 bits per heavy atom. The zero-order valence-electron chi connectivity index (χ0n) is 34.2. The van der Waals surface area contributed by atoms with E-state index in [1.54, 1.807) is 13.8 Å². The average molecular weight is 820 g/mol. The number of carboxylic acids is 1. The van der Waals surface area contributed by atoms with Crippen molar-refractivity contribution >= 4 is 58.9 Å². The van der Waals surface area contributed by atoms with Crippen LogP contribution in [-0.4, -0.2) is 102 Å². The number of rotatable bonds is 33. The van der Waals surface area contributed by atoms with Gasteiger partial charge < -0.3 is 35.3 Å². The van der Waals surface area contributed by atoms with Gasteiger partial charge in [0.2, 0.25) is 17.7 Å². The Morgan fingerprint density at radius 1 is 0.603 bits per heavy atom. The Morgan fingerprint density at radius 2 is 1.16 bits per heavy atom. The summed E-state index contributed by atoms with van der Waals surface area (Å²) in [5.74, 6) is -11.3. The van der Waals surface area contributed by atoms with E-state index < -0.39 is 127 Å². The van der Waals surface area contributed by atoms with E-state index in [2.05, 4.69) is 35.7 Å². The number of nitrogens with one attached hydrogen (secondary N) is 3. The minimum Gasteiger partial charge on any atom is -0.481 e. The van der Waals surface area contributed by atoms with Gasteiger partial charge in [-0.25, -0.2) is 0 Å². The predicted molar refractivity (Wildman–Crippen MR) is 210 cm³/mol. The third-order valence-corrected chi connectivity index (χ3v) is 8.68. The van der Waals surface area contributed by atoms with Crippen molar-refractivity contribution in [1.29, 1.82) is 0 Å². The first-order valence-electron chi connectivity index (χ1n) is 19.4. The van der Waals surface area contributed by atoms with Gasteiger partial charge in [-0.05, 0) is 18.8 Å². The van der Waals surface area contributed by atoms with Gasteiger partial charge in [0, 0.05) is 44.9 Å². The molecule has 3 amide bonds. The van der Waals surface area contributed by atoms with Crippen molar-refractivity contribution < 1.29 is 67.3 Å². The van der Waals surface area contributed by atoms with Crippen LogP contribution in [0.25, 0.3) is 0 Å². The highest BCUT2D eigenvalue weighted by Gasteiger charge is 2.35. The number of carbonyl (C=O) groups excluding carboxylic acids is 9. The highest BCUT2D eigenvalue weighted by Crippen LogP contribution is 2.20. The van der Waals surface area contributed by atoms with Crippen molar-refractivity contribution in [3.8, 4) is 0 Å². The molecule has 0 bridgehead atoms. The van der Waals surface area contributed by atoms with E-state index in [1.807, 2.05) is 6.92 Å². The molecule has 4 N–H and O–H groups in total. The van der Waals surface area contributed by atoms with E-state index in [-0.39, 0.29) is 39.1 Å². The zero-order chi connectivity index (χ0) is 44.2. The molecule has 5 atom stereocenters. The lowest BCUT2D eigenvalue weighted by Gasteiger charge is -2.26. The lowest BCUT2D eigenvalue weighted by molar-refractivity contribution is -0.152. The normalized spacial score (nSPS) is 13.3. The average Bonchev–Trinajstić information content (AvgIpc) is 3.16. The van der Waals surface area contributed by atoms with Crippen molar-refractivity contribution in [2.24, 2.45) is 17.8 Å². The number of amides is 3. The van der Waals surface area contributed by atoms with Gasteiger partial charge in [0.15, 0.2) is 17.3 Å². The third-order valence-electron chi connectivity index (χ3n) is 8.68. The number of ketones is 3. The molecule has 324 valence electrons. The summed E-state index contributed by atoms with van der Waals surface area (Å²) in [5.41, 5.74) is 0. The van der Waals surface area contributed by atoms with Crippen LogP contribution in [-0.2, 0) is 62.2 Å². The van der Waals surface area contributed by atoms with Crippen LogP contribution in [0.15, 0.2) is 38.0 Å². The summed E-state index contributed by atoms with van der Waals surface area (Å²) in [6.45, 7) is 16.3. The number of carbonyl (C=O) groups is 10. The third kappa shape index (κ3) is 22.9. The number of carboxylic acid groups (broad SMARTS) is 1. The maximum atomic E-state index is 13.8. The number of esters is 3. The first-order chi connectivity index (χ1) is 27.4. The minimum atomic E-state index is -1.54. The summed E-state index contributed by atoms with van der Waals surface area (Å²) in [6.07, 6.45) is 2.78. The van der Waals surface area contributed by atoms with Gasteiger partial charge in [-0.3, -0.25) is 47.9 Å². The molecular formula is C41H61N3O14. The molecule has 17 nitrogen and oxygen atoms in total. The molecule has 0 fully saturated rings. The molecule has 0 radical (unpaired) electrons. The summed E-state index contributed by atoms with van der Waals surface area (Å²) in [4.78, 5) is 128. The Bertz CT molecular complexity index is 1470. The fraction of sp³-hybridized carbons (Fsp3) is 0.610. The number of ether oxygens (including phenoxy) is 3. The van der Waals surface area contributed by atoms with E-state index in [1.165, 1.54) is 25.2 Å². The van der Waals surface area contributed by atoms with E-state index in [9.17, 15) is 53.1 Å².